The van der Waals surface area contributed by atoms with E-state index in [-0.39, 0.29) is 17.7 Å². The van der Waals surface area contributed by atoms with Crippen LogP contribution in [0.25, 0.3) is 10.9 Å². The van der Waals surface area contributed by atoms with Crippen molar-refractivity contribution in [1.29, 1.82) is 0 Å². The molecule has 0 unspecified atom stereocenters. The molecule has 134 valence electrons. The van der Waals surface area contributed by atoms with Gasteiger partial charge < -0.3 is 10.3 Å². The Labute approximate surface area is 145 Å². The van der Waals surface area contributed by atoms with Crippen LogP contribution in [0.15, 0.2) is 47.4 Å². The van der Waals surface area contributed by atoms with Gasteiger partial charge in [0.15, 0.2) is 0 Å². The third kappa shape index (κ3) is 3.44. The van der Waals surface area contributed by atoms with Crippen LogP contribution in [-0.2, 0) is 12.7 Å². The first-order valence-electron chi connectivity index (χ1n) is 7.69. The summed E-state index contributed by atoms with van der Waals surface area (Å²) < 4.78 is 37.5. The second kappa shape index (κ2) is 6.62. The Bertz CT molecular complexity index is 1020. The van der Waals surface area contributed by atoms with Crippen molar-refractivity contribution in [2.24, 2.45) is 0 Å². The van der Waals surface area contributed by atoms with Crippen LogP contribution in [0.2, 0.25) is 0 Å². The second-order valence-electron chi connectivity index (χ2n) is 5.72. The van der Waals surface area contributed by atoms with Gasteiger partial charge in [-0.25, -0.2) is 0 Å². The van der Waals surface area contributed by atoms with E-state index >= 15 is 0 Å². The van der Waals surface area contributed by atoms with Crippen molar-refractivity contribution in [3.05, 3.63) is 75.3 Å². The molecule has 0 spiro atoms. The summed E-state index contributed by atoms with van der Waals surface area (Å²) in [7, 11) is 0. The number of halogens is 3. The molecule has 0 fully saturated rings. The molecule has 0 radical (unpaired) electrons. The Morgan fingerprint density at radius 3 is 2.58 bits per heavy atom. The Morgan fingerprint density at radius 1 is 1.19 bits per heavy atom. The summed E-state index contributed by atoms with van der Waals surface area (Å²) in [6.07, 6.45) is -3.71. The van der Waals surface area contributed by atoms with Crippen LogP contribution in [0.4, 0.5) is 13.2 Å². The lowest BCUT2D eigenvalue weighted by Crippen LogP contribution is -2.28. The van der Waals surface area contributed by atoms with E-state index in [1.165, 1.54) is 0 Å². The van der Waals surface area contributed by atoms with Gasteiger partial charge >= 0.3 is 6.18 Å². The number of carbonyl (C=O) groups is 1. The number of rotatable bonds is 3. The molecule has 0 saturated heterocycles. The molecule has 1 amide bonds. The third-order valence-corrected chi connectivity index (χ3v) is 4.05. The minimum atomic E-state index is -4.56. The van der Waals surface area contributed by atoms with E-state index in [2.05, 4.69) is 15.3 Å². The van der Waals surface area contributed by atoms with Crippen LogP contribution in [0.3, 0.4) is 0 Å². The van der Waals surface area contributed by atoms with Crippen molar-refractivity contribution in [3.8, 4) is 0 Å². The van der Waals surface area contributed by atoms with Gasteiger partial charge in [-0.1, -0.05) is 18.2 Å². The van der Waals surface area contributed by atoms with Gasteiger partial charge in [0.05, 0.1) is 5.56 Å². The first-order chi connectivity index (χ1) is 12.3. The fraction of sp³-hybridized carbons (Fsp3) is 0.167. The number of fused-ring (bicyclic) bond motifs is 1. The zero-order valence-corrected chi connectivity index (χ0v) is 13.6. The number of aryl methyl sites for hydroxylation is 1. The van der Waals surface area contributed by atoms with E-state index in [4.69, 9.17) is 0 Å². The van der Waals surface area contributed by atoms with E-state index in [0.717, 1.165) is 29.3 Å². The summed E-state index contributed by atoms with van der Waals surface area (Å²) in [4.78, 5) is 30.3. The monoisotopic (exact) mass is 361 g/mol. The third-order valence-electron chi connectivity index (χ3n) is 4.05. The number of hydrogen-bond acceptors (Lipinski definition) is 3. The molecule has 2 heterocycles. The van der Waals surface area contributed by atoms with Gasteiger partial charge in [-0.3, -0.25) is 14.6 Å². The number of aromatic amines is 1. The maximum atomic E-state index is 12.5. The van der Waals surface area contributed by atoms with Crippen molar-refractivity contribution in [2.45, 2.75) is 19.6 Å². The van der Waals surface area contributed by atoms with Crippen molar-refractivity contribution in [2.75, 3.05) is 0 Å². The number of hydrogen-bond donors (Lipinski definition) is 2. The van der Waals surface area contributed by atoms with Crippen LogP contribution in [0.1, 0.15) is 27.2 Å². The number of pyridine rings is 2. The average molecular weight is 361 g/mol. The van der Waals surface area contributed by atoms with Crippen molar-refractivity contribution < 1.29 is 18.0 Å². The molecule has 26 heavy (non-hydrogen) atoms. The van der Waals surface area contributed by atoms with Crippen molar-refractivity contribution >= 4 is 16.8 Å². The SMILES string of the molecule is Cc1c(CNC(=O)c2ccc(C(F)(F)F)nc2)c(=O)[nH]c2ccccc12. The van der Waals surface area contributed by atoms with Gasteiger partial charge in [-0.15, -0.1) is 0 Å². The number of H-pyrrole nitrogens is 1. The van der Waals surface area contributed by atoms with Gasteiger partial charge in [0.2, 0.25) is 0 Å². The summed E-state index contributed by atoms with van der Waals surface area (Å²) in [6.45, 7) is 1.73. The van der Waals surface area contributed by atoms with E-state index < -0.39 is 17.8 Å². The number of carbonyl (C=O) groups excluding carboxylic acids is 1. The topological polar surface area (TPSA) is 74.8 Å². The average Bonchev–Trinajstić information content (AvgIpc) is 2.60. The molecule has 3 aromatic rings. The molecule has 0 bridgehead atoms. The van der Waals surface area contributed by atoms with Crippen LogP contribution >= 0.6 is 0 Å². The van der Waals surface area contributed by atoms with E-state index in [9.17, 15) is 22.8 Å². The lowest BCUT2D eigenvalue weighted by molar-refractivity contribution is -0.141. The summed E-state index contributed by atoms with van der Waals surface area (Å²) in [5, 5.41) is 3.39. The predicted molar refractivity (Wildman–Crippen MR) is 89.7 cm³/mol. The maximum Gasteiger partial charge on any atom is 0.433 e. The van der Waals surface area contributed by atoms with Crippen molar-refractivity contribution in [3.63, 3.8) is 0 Å². The highest BCUT2D eigenvalue weighted by atomic mass is 19.4. The molecule has 0 saturated carbocycles. The van der Waals surface area contributed by atoms with E-state index in [1.807, 2.05) is 12.1 Å². The zero-order chi connectivity index (χ0) is 18.9. The highest BCUT2D eigenvalue weighted by Crippen LogP contribution is 2.27. The largest absolute Gasteiger partial charge is 0.433 e. The van der Waals surface area contributed by atoms with Crippen LogP contribution < -0.4 is 10.9 Å². The van der Waals surface area contributed by atoms with Gasteiger partial charge in [-0.05, 0) is 30.7 Å². The standard InChI is InChI=1S/C18H14F3N3O2/c1-10-12-4-2-3-5-14(12)24-17(26)13(10)9-23-16(25)11-6-7-15(22-8-11)18(19,20)21/h2-8H,9H2,1H3,(H,23,25)(H,24,26). The molecule has 2 N–H and O–H groups in total. The Morgan fingerprint density at radius 2 is 1.92 bits per heavy atom. The zero-order valence-electron chi connectivity index (χ0n) is 13.6. The molecule has 2 aromatic heterocycles. The smallest absolute Gasteiger partial charge is 0.348 e. The highest BCUT2D eigenvalue weighted by Gasteiger charge is 2.32. The van der Waals surface area contributed by atoms with Crippen LogP contribution in [0, 0.1) is 6.92 Å². The number of aromatic nitrogens is 2. The lowest BCUT2D eigenvalue weighted by atomic mass is 10.0. The van der Waals surface area contributed by atoms with Gasteiger partial charge in [0, 0.05) is 29.2 Å². The van der Waals surface area contributed by atoms with Crippen LogP contribution in [-0.4, -0.2) is 15.9 Å². The molecule has 0 aliphatic rings. The number of benzene rings is 1. The first kappa shape index (κ1) is 17.7. The van der Waals surface area contributed by atoms with E-state index in [0.29, 0.717) is 11.1 Å². The molecule has 3 rings (SSSR count). The van der Waals surface area contributed by atoms with Crippen LogP contribution in [0.5, 0.6) is 0 Å². The first-order valence-corrected chi connectivity index (χ1v) is 7.69. The molecule has 8 heteroatoms. The molecular formula is C18H14F3N3O2. The fourth-order valence-corrected chi connectivity index (χ4v) is 2.63. The predicted octanol–water partition coefficient (Wildman–Crippen LogP) is 3.18. The molecular weight excluding hydrogens is 347 g/mol. The van der Waals surface area contributed by atoms with E-state index in [1.54, 1.807) is 19.1 Å². The molecule has 0 aliphatic heterocycles. The minimum absolute atomic E-state index is 0.0205. The molecule has 0 atom stereocenters. The van der Waals surface area contributed by atoms with Gasteiger partial charge in [0.25, 0.3) is 11.5 Å². The quantitative estimate of drug-likeness (QED) is 0.752. The number of nitrogens with one attached hydrogen (secondary N) is 2. The van der Waals surface area contributed by atoms with Crippen molar-refractivity contribution in [1.82, 2.24) is 15.3 Å². The number of amides is 1. The fourth-order valence-electron chi connectivity index (χ4n) is 2.63. The lowest BCUT2D eigenvalue weighted by Gasteiger charge is -2.10. The summed E-state index contributed by atoms with van der Waals surface area (Å²) in [5.41, 5.74) is 0.389. The number of para-hydroxylation sites is 1. The minimum Gasteiger partial charge on any atom is -0.348 e. The maximum absolute atomic E-state index is 12.5. The Balaban J connectivity index is 1.80. The number of nitrogens with zero attached hydrogens (tertiary/aromatic N) is 1. The second-order valence-corrected chi connectivity index (χ2v) is 5.72. The summed E-state index contributed by atoms with van der Waals surface area (Å²) >= 11 is 0. The van der Waals surface area contributed by atoms with Gasteiger partial charge in [0.1, 0.15) is 5.69 Å². The normalized spacial score (nSPS) is 11.5. The summed E-state index contributed by atoms with van der Waals surface area (Å²) in [6, 6.07) is 9.05. The Hall–Kier alpha value is -3.16. The Kier molecular flexibility index (Phi) is 4.50. The molecule has 1 aromatic carbocycles. The number of alkyl halides is 3. The highest BCUT2D eigenvalue weighted by molar-refractivity contribution is 5.94. The summed E-state index contributed by atoms with van der Waals surface area (Å²) in [5.74, 6) is -0.613. The molecule has 5 nitrogen and oxygen atoms in total. The van der Waals surface area contributed by atoms with Gasteiger partial charge in [-0.2, -0.15) is 13.2 Å². The molecule has 0 aliphatic carbocycles.